The van der Waals surface area contributed by atoms with Crippen molar-refractivity contribution < 1.29 is 24.9 Å². The Morgan fingerprint density at radius 3 is 2.39 bits per heavy atom. The largest absolute Gasteiger partial charge is 0.481 e. The van der Waals surface area contributed by atoms with E-state index in [0.717, 1.165) is 64.2 Å². The van der Waals surface area contributed by atoms with Crippen LogP contribution in [0, 0.1) is 56.2 Å². The lowest BCUT2D eigenvalue weighted by Crippen LogP contribution is -2.74. The molecule has 1 saturated heterocycles. The SMILES string of the molecule is CCCCCC[C@@]12CC[C@]34CC=C[C@@]5(O)C[C@]6(O)OC[C@](CC[C@@H]3[C@@]1(C)CC[C@@]1(C)CC[C@@](C)(C(=O)O)C[C@H]12)([C@H]45)[C@H]6CCC. The first kappa shape index (κ1) is 31.7. The molecule has 1 aliphatic heterocycles. The average Bonchev–Trinajstić information content (AvgIpc) is 3.16. The fourth-order valence-corrected chi connectivity index (χ4v) is 14.8. The fourth-order valence-electron chi connectivity index (χ4n) is 14.8. The zero-order chi connectivity index (χ0) is 31.4. The van der Waals surface area contributed by atoms with E-state index in [-0.39, 0.29) is 38.9 Å². The Kier molecular flexibility index (Phi) is 7.24. The molecule has 5 saturated carbocycles. The Hall–Kier alpha value is -0.910. The highest BCUT2D eigenvalue weighted by Gasteiger charge is 2.80. The topological polar surface area (TPSA) is 87.0 Å². The number of aliphatic carboxylic acids is 1. The minimum absolute atomic E-state index is 0.00293. The number of fused-ring (bicyclic) bond motifs is 5. The van der Waals surface area contributed by atoms with E-state index in [2.05, 4.69) is 39.8 Å². The number of rotatable bonds is 8. The summed E-state index contributed by atoms with van der Waals surface area (Å²) in [6, 6.07) is 0. The maximum Gasteiger partial charge on any atom is 0.309 e. The summed E-state index contributed by atoms with van der Waals surface area (Å²) in [6.07, 6.45) is 23.5. The molecule has 0 amide bonds. The van der Waals surface area contributed by atoms with Crippen LogP contribution >= 0.6 is 0 Å². The lowest BCUT2D eigenvalue weighted by molar-refractivity contribution is -0.313. The number of carboxylic acids is 1. The van der Waals surface area contributed by atoms with Crippen LogP contribution in [0.25, 0.3) is 0 Å². The van der Waals surface area contributed by atoms with Gasteiger partial charge < -0.3 is 20.1 Å². The lowest BCUT2D eigenvalue weighted by atomic mass is 9.27. The average molecular weight is 611 g/mol. The number of carbonyl (C=O) groups is 1. The Morgan fingerprint density at radius 1 is 0.886 bits per heavy atom. The quantitative estimate of drug-likeness (QED) is 0.189. The highest BCUT2D eigenvalue weighted by Crippen LogP contribution is 2.82. The fraction of sp³-hybridized carbons (Fsp3) is 0.923. The monoisotopic (exact) mass is 610 g/mol. The minimum atomic E-state index is -1.23. The third kappa shape index (κ3) is 3.84. The number of aliphatic hydroxyl groups is 2. The van der Waals surface area contributed by atoms with Gasteiger partial charge in [0.1, 0.15) is 0 Å². The van der Waals surface area contributed by atoms with Crippen molar-refractivity contribution in [2.75, 3.05) is 6.61 Å². The molecule has 0 radical (unpaired) electrons. The third-order valence-corrected chi connectivity index (χ3v) is 16.7. The highest BCUT2D eigenvalue weighted by atomic mass is 16.6. The van der Waals surface area contributed by atoms with Gasteiger partial charge in [0, 0.05) is 23.7 Å². The van der Waals surface area contributed by atoms with Crippen LogP contribution in [0.1, 0.15) is 150 Å². The molecule has 6 fully saturated rings. The van der Waals surface area contributed by atoms with Crippen molar-refractivity contribution in [3.8, 4) is 0 Å². The molecule has 0 aromatic heterocycles. The van der Waals surface area contributed by atoms with E-state index >= 15 is 0 Å². The number of unbranched alkanes of at least 4 members (excludes halogenated alkanes) is 3. The molecule has 0 aromatic carbocycles. The Bertz CT molecular complexity index is 1200. The summed E-state index contributed by atoms with van der Waals surface area (Å²) < 4.78 is 6.40. The summed E-state index contributed by atoms with van der Waals surface area (Å²) >= 11 is 0. The molecule has 5 heteroatoms. The van der Waals surface area contributed by atoms with E-state index in [1.54, 1.807) is 0 Å². The molecule has 1 heterocycles. The molecule has 2 bridgehead atoms. The molecule has 6 aliphatic carbocycles. The predicted octanol–water partition coefficient (Wildman–Crippen LogP) is 8.66. The van der Waals surface area contributed by atoms with Gasteiger partial charge in [0.2, 0.25) is 0 Å². The summed E-state index contributed by atoms with van der Waals surface area (Å²) in [5, 5.41) is 35.1. The van der Waals surface area contributed by atoms with Crippen molar-refractivity contribution in [1.82, 2.24) is 0 Å². The Morgan fingerprint density at radius 2 is 1.66 bits per heavy atom. The number of hydrogen-bond donors (Lipinski definition) is 3. The maximum absolute atomic E-state index is 12.8. The van der Waals surface area contributed by atoms with Gasteiger partial charge >= 0.3 is 5.97 Å². The normalized spacial score (nSPS) is 55.4. The molecule has 3 N–H and O–H groups in total. The second kappa shape index (κ2) is 10.0. The summed E-state index contributed by atoms with van der Waals surface area (Å²) in [5.74, 6) is -0.694. The van der Waals surface area contributed by atoms with Gasteiger partial charge in [0.15, 0.2) is 5.79 Å². The van der Waals surface area contributed by atoms with Gasteiger partial charge in [0.05, 0.1) is 17.6 Å². The van der Waals surface area contributed by atoms with Gasteiger partial charge in [-0.15, -0.1) is 0 Å². The van der Waals surface area contributed by atoms with Crippen LogP contribution < -0.4 is 0 Å². The molecule has 2 spiro atoms. The number of ether oxygens (including phenoxy) is 1. The van der Waals surface area contributed by atoms with Crippen LogP contribution in [0.3, 0.4) is 0 Å². The third-order valence-electron chi connectivity index (χ3n) is 16.7. The van der Waals surface area contributed by atoms with Crippen molar-refractivity contribution in [2.45, 2.75) is 162 Å². The maximum atomic E-state index is 12.8. The van der Waals surface area contributed by atoms with Crippen molar-refractivity contribution >= 4 is 5.97 Å². The second-order valence-corrected chi connectivity index (χ2v) is 18.4. The van der Waals surface area contributed by atoms with Crippen LogP contribution in [0.2, 0.25) is 0 Å². The zero-order valence-corrected chi connectivity index (χ0v) is 28.6. The van der Waals surface area contributed by atoms with Crippen LogP contribution in [-0.4, -0.2) is 39.3 Å². The Balaban J connectivity index is 1.35. The summed E-state index contributed by atoms with van der Waals surface area (Å²) in [6.45, 7) is 12.3. The van der Waals surface area contributed by atoms with E-state index in [1.807, 2.05) is 6.92 Å². The van der Waals surface area contributed by atoms with E-state index in [9.17, 15) is 20.1 Å². The first-order valence-corrected chi connectivity index (χ1v) is 18.7. The van der Waals surface area contributed by atoms with Crippen molar-refractivity contribution in [3.63, 3.8) is 0 Å². The van der Waals surface area contributed by atoms with E-state index in [0.29, 0.717) is 24.9 Å². The second-order valence-electron chi connectivity index (χ2n) is 18.4. The number of hydrogen-bond acceptors (Lipinski definition) is 4. The Labute approximate surface area is 267 Å². The van der Waals surface area contributed by atoms with Crippen molar-refractivity contribution in [2.24, 2.45) is 56.2 Å². The molecule has 0 unspecified atom stereocenters. The first-order valence-electron chi connectivity index (χ1n) is 18.7. The zero-order valence-electron chi connectivity index (χ0n) is 28.6. The van der Waals surface area contributed by atoms with Crippen molar-refractivity contribution in [1.29, 1.82) is 0 Å². The van der Waals surface area contributed by atoms with Gasteiger partial charge in [-0.2, -0.15) is 0 Å². The van der Waals surface area contributed by atoms with Gasteiger partial charge in [-0.05, 0) is 117 Å². The predicted molar refractivity (Wildman–Crippen MR) is 173 cm³/mol. The van der Waals surface area contributed by atoms with E-state index in [1.165, 1.54) is 44.9 Å². The molecule has 12 atom stereocenters. The molecule has 44 heavy (non-hydrogen) atoms. The first-order chi connectivity index (χ1) is 20.7. The molecular formula is C39H62O5. The molecule has 0 aromatic rings. The van der Waals surface area contributed by atoms with E-state index < -0.39 is 22.8 Å². The van der Waals surface area contributed by atoms with Gasteiger partial charge in [-0.3, -0.25) is 4.79 Å². The molecule has 5 nitrogen and oxygen atoms in total. The molecular weight excluding hydrogens is 548 g/mol. The minimum Gasteiger partial charge on any atom is -0.481 e. The number of carboxylic acid groups (broad SMARTS) is 1. The van der Waals surface area contributed by atoms with Crippen LogP contribution in [0.5, 0.6) is 0 Å². The van der Waals surface area contributed by atoms with Gasteiger partial charge in [-0.25, -0.2) is 0 Å². The summed E-state index contributed by atoms with van der Waals surface area (Å²) in [5.41, 5.74) is -1.38. The molecule has 7 aliphatic rings. The summed E-state index contributed by atoms with van der Waals surface area (Å²) in [7, 11) is 0. The molecule has 7 rings (SSSR count). The van der Waals surface area contributed by atoms with Crippen LogP contribution in [-0.2, 0) is 9.53 Å². The highest BCUT2D eigenvalue weighted by molar-refractivity contribution is 5.74. The molecule has 248 valence electrons. The van der Waals surface area contributed by atoms with Gasteiger partial charge in [0.25, 0.3) is 0 Å². The van der Waals surface area contributed by atoms with Crippen molar-refractivity contribution in [3.05, 3.63) is 12.2 Å². The van der Waals surface area contributed by atoms with Crippen LogP contribution in [0.15, 0.2) is 12.2 Å². The van der Waals surface area contributed by atoms with Gasteiger partial charge in [-0.1, -0.05) is 72.0 Å². The smallest absolute Gasteiger partial charge is 0.309 e. The summed E-state index contributed by atoms with van der Waals surface area (Å²) in [4.78, 5) is 12.8. The van der Waals surface area contributed by atoms with E-state index in [4.69, 9.17) is 4.74 Å². The lowest BCUT2D eigenvalue weighted by Gasteiger charge is -2.77. The number of allylic oxidation sites excluding steroid dienone is 1. The standard InChI is InChI=1S/C39H62O5/c1-6-8-9-10-15-37-23-22-35-14-11-16-38(42)25-39(43)28(12-7-2)36(26-44-39,30(35)38)17-13-27(35)34(37,5)21-20-32(3)18-19-33(4,31(40)41)24-29(32)37/h11,16,27-30,42-43H,6-10,12-15,17-26H2,1-5H3,(H,40,41)/t27-,28-,29-,30+,32-,33-,34-,35-,36+,37+,38-,39+/m1/s1. The van der Waals surface area contributed by atoms with Crippen LogP contribution in [0.4, 0.5) is 0 Å².